The van der Waals surface area contributed by atoms with Crippen molar-refractivity contribution in [2.75, 3.05) is 13.1 Å². The van der Waals surface area contributed by atoms with Gasteiger partial charge in [-0.3, -0.25) is 4.90 Å². The zero-order valence-electron chi connectivity index (χ0n) is 13.9. The van der Waals surface area contributed by atoms with Gasteiger partial charge >= 0.3 is 0 Å². The number of hydrogen-bond acceptors (Lipinski definition) is 4. The maximum Gasteiger partial charge on any atom is 0.279 e. The van der Waals surface area contributed by atoms with Gasteiger partial charge in [0.25, 0.3) is 5.19 Å². The van der Waals surface area contributed by atoms with Gasteiger partial charge in [-0.1, -0.05) is 42.5 Å². The van der Waals surface area contributed by atoms with Crippen LogP contribution in [-0.4, -0.2) is 23.0 Å². The Morgan fingerprint density at radius 2 is 1.83 bits per heavy atom. The van der Waals surface area contributed by atoms with Crippen LogP contribution >= 0.6 is 11.3 Å². The molecule has 3 aromatic rings. The first-order valence-electron chi connectivity index (χ1n) is 8.61. The minimum absolute atomic E-state index is 0.703. The fourth-order valence-electron chi connectivity index (χ4n) is 3.14. The van der Waals surface area contributed by atoms with Gasteiger partial charge in [0.15, 0.2) is 0 Å². The van der Waals surface area contributed by atoms with Crippen LogP contribution in [0.5, 0.6) is 10.9 Å². The Morgan fingerprint density at radius 3 is 2.58 bits per heavy atom. The van der Waals surface area contributed by atoms with Gasteiger partial charge in [-0.25, -0.2) is 4.98 Å². The molecule has 0 aliphatic carbocycles. The van der Waals surface area contributed by atoms with Gasteiger partial charge in [0.2, 0.25) is 0 Å². The number of para-hydroxylation sites is 1. The van der Waals surface area contributed by atoms with Crippen LogP contribution < -0.4 is 4.74 Å². The van der Waals surface area contributed by atoms with Crippen molar-refractivity contribution in [2.45, 2.75) is 26.3 Å². The number of rotatable bonds is 4. The predicted octanol–water partition coefficient (Wildman–Crippen LogP) is 5.32. The first kappa shape index (κ1) is 15.6. The highest BCUT2D eigenvalue weighted by molar-refractivity contribution is 7.20. The van der Waals surface area contributed by atoms with E-state index in [1.165, 1.54) is 31.5 Å². The molecule has 2 aromatic carbocycles. The number of thiazole rings is 1. The predicted molar refractivity (Wildman–Crippen MR) is 99.8 cm³/mol. The molecule has 2 heterocycles. The van der Waals surface area contributed by atoms with E-state index in [-0.39, 0.29) is 0 Å². The van der Waals surface area contributed by atoms with Crippen molar-refractivity contribution in [3.63, 3.8) is 0 Å². The molecular weight excluding hydrogens is 316 g/mol. The summed E-state index contributed by atoms with van der Waals surface area (Å²) in [6.45, 7) is 5.82. The second-order valence-electron chi connectivity index (χ2n) is 6.65. The minimum atomic E-state index is 0.703. The van der Waals surface area contributed by atoms with Crippen LogP contribution in [0.3, 0.4) is 0 Å². The molecule has 24 heavy (non-hydrogen) atoms. The molecule has 124 valence electrons. The molecule has 1 saturated heterocycles. The Bertz CT molecular complexity index is 771. The number of benzene rings is 2. The molecule has 0 radical (unpaired) electrons. The largest absolute Gasteiger partial charge is 0.431 e. The van der Waals surface area contributed by atoms with E-state index in [9.17, 15) is 0 Å². The lowest BCUT2D eigenvalue weighted by molar-refractivity contribution is 0.185. The monoisotopic (exact) mass is 338 g/mol. The molecule has 0 saturated carbocycles. The first-order valence-corrected chi connectivity index (χ1v) is 9.43. The quantitative estimate of drug-likeness (QED) is 0.644. The molecule has 1 aliphatic heterocycles. The van der Waals surface area contributed by atoms with E-state index in [0.29, 0.717) is 5.19 Å². The van der Waals surface area contributed by atoms with Crippen molar-refractivity contribution in [3.8, 4) is 10.9 Å². The third kappa shape index (κ3) is 3.60. The summed E-state index contributed by atoms with van der Waals surface area (Å²) < 4.78 is 7.07. The van der Waals surface area contributed by atoms with Crippen molar-refractivity contribution in [1.82, 2.24) is 9.88 Å². The van der Waals surface area contributed by atoms with Crippen molar-refractivity contribution in [1.29, 1.82) is 0 Å². The zero-order valence-corrected chi connectivity index (χ0v) is 14.8. The highest BCUT2D eigenvalue weighted by Gasteiger charge is 2.15. The molecule has 4 heteroatoms. The molecule has 1 aliphatic rings. The molecule has 0 spiro atoms. The number of piperidine rings is 1. The van der Waals surface area contributed by atoms with E-state index in [1.807, 2.05) is 30.3 Å². The smallest absolute Gasteiger partial charge is 0.279 e. The number of aromatic nitrogens is 1. The standard InChI is InChI=1S/C20H22N2OS/c1-15-10-12-22(13-11-15)14-16-6-8-17(9-7-16)23-20-21-18-4-2-3-5-19(18)24-20/h2-9,15H,10-14H2,1H3. The minimum Gasteiger partial charge on any atom is -0.431 e. The molecule has 0 amide bonds. The average molecular weight is 338 g/mol. The third-order valence-electron chi connectivity index (χ3n) is 4.69. The van der Waals surface area contributed by atoms with Crippen LogP contribution in [0.1, 0.15) is 25.3 Å². The summed E-state index contributed by atoms with van der Waals surface area (Å²) in [6, 6.07) is 16.6. The highest BCUT2D eigenvalue weighted by Crippen LogP contribution is 2.31. The Hall–Kier alpha value is -1.91. The number of fused-ring (bicyclic) bond motifs is 1. The number of likely N-dealkylation sites (tertiary alicyclic amines) is 1. The summed E-state index contributed by atoms with van der Waals surface area (Å²) in [4.78, 5) is 7.06. The highest BCUT2D eigenvalue weighted by atomic mass is 32.1. The summed E-state index contributed by atoms with van der Waals surface area (Å²) in [5.74, 6) is 1.73. The van der Waals surface area contributed by atoms with E-state index >= 15 is 0 Å². The lowest BCUT2D eigenvalue weighted by Gasteiger charge is -2.30. The summed E-state index contributed by atoms with van der Waals surface area (Å²) in [5.41, 5.74) is 2.34. The maximum absolute atomic E-state index is 5.92. The van der Waals surface area contributed by atoms with Gasteiger partial charge in [0.1, 0.15) is 5.75 Å². The van der Waals surface area contributed by atoms with Crippen molar-refractivity contribution < 1.29 is 4.74 Å². The van der Waals surface area contributed by atoms with Crippen molar-refractivity contribution >= 4 is 21.6 Å². The second-order valence-corrected chi connectivity index (χ2v) is 7.65. The van der Waals surface area contributed by atoms with Gasteiger partial charge in [0, 0.05) is 6.54 Å². The Morgan fingerprint density at radius 1 is 1.08 bits per heavy atom. The molecule has 1 aromatic heterocycles. The molecular formula is C20H22N2OS. The topological polar surface area (TPSA) is 25.4 Å². The van der Waals surface area contributed by atoms with Crippen molar-refractivity contribution in [2.24, 2.45) is 5.92 Å². The Balaban J connectivity index is 1.40. The fourth-order valence-corrected chi connectivity index (χ4v) is 3.97. The van der Waals surface area contributed by atoms with E-state index < -0.39 is 0 Å². The first-order chi connectivity index (χ1) is 11.8. The van der Waals surface area contributed by atoms with E-state index in [4.69, 9.17) is 4.74 Å². The van der Waals surface area contributed by atoms with Gasteiger partial charge in [-0.15, -0.1) is 0 Å². The maximum atomic E-state index is 5.92. The lowest BCUT2D eigenvalue weighted by Crippen LogP contribution is -2.32. The summed E-state index contributed by atoms with van der Waals surface area (Å²) >= 11 is 1.58. The molecule has 0 bridgehead atoms. The zero-order chi connectivity index (χ0) is 16.4. The number of nitrogens with zero attached hydrogens (tertiary/aromatic N) is 2. The lowest BCUT2D eigenvalue weighted by atomic mass is 9.99. The van der Waals surface area contributed by atoms with Crippen LogP contribution in [0.25, 0.3) is 10.2 Å². The molecule has 4 rings (SSSR count). The SMILES string of the molecule is CC1CCN(Cc2ccc(Oc3nc4ccccc4s3)cc2)CC1. The number of ether oxygens (including phenoxy) is 1. The van der Waals surface area contributed by atoms with Gasteiger partial charge in [-0.05, 0) is 61.7 Å². The molecule has 3 nitrogen and oxygen atoms in total. The fraction of sp³-hybridized carbons (Fsp3) is 0.350. The van der Waals surface area contributed by atoms with Crippen LogP contribution in [0.15, 0.2) is 48.5 Å². The van der Waals surface area contributed by atoms with Gasteiger partial charge in [0.05, 0.1) is 10.2 Å². The average Bonchev–Trinajstić information content (AvgIpc) is 3.01. The van der Waals surface area contributed by atoms with Crippen LogP contribution in [0, 0.1) is 5.92 Å². The summed E-state index contributed by atoms with van der Waals surface area (Å²) in [5, 5.41) is 0.703. The molecule has 0 unspecified atom stereocenters. The van der Waals surface area contributed by atoms with E-state index in [0.717, 1.165) is 28.4 Å². The number of hydrogen-bond donors (Lipinski definition) is 0. The normalized spacial score (nSPS) is 16.5. The third-order valence-corrected chi connectivity index (χ3v) is 5.60. The van der Waals surface area contributed by atoms with Crippen LogP contribution in [0.2, 0.25) is 0 Å². The molecule has 0 N–H and O–H groups in total. The Kier molecular flexibility index (Phi) is 4.50. The molecule has 0 atom stereocenters. The van der Waals surface area contributed by atoms with E-state index in [2.05, 4.69) is 35.0 Å². The van der Waals surface area contributed by atoms with E-state index in [1.54, 1.807) is 11.3 Å². The summed E-state index contributed by atoms with van der Waals surface area (Å²) in [6.07, 6.45) is 2.64. The van der Waals surface area contributed by atoms with Crippen molar-refractivity contribution in [3.05, 3.63) is 54.1 Å². The van der Waals surface area contributed by atoms with Crippen LogP contribution in [0.4, 0.5) is 0 Å². The van der Waals surface area contributed by atoms with Gasteiger partial charge in [-0.2, -0.15) is 0 Å². The Labute approximate surface area is 146 Å². The molecule has 1 fully saturated rings. The second kappa shape index (κ2) is 6.91. The van der Waals surface area contributed by atoms with Crippen LogP contribution in [-0.2, 0) is 6.54 Å². The van der Waals surface area contributed by atoms with Gasteiger partial charge < -0.3 is 4.74 Å². The summed E-state index contributed by atoms with van der Waals surface area (Å²) in [7, 11) is 0.